The van der Waals surface area contributed by atoms with E-state index in [1.165, 1.54) is 6.20 Å². The summed E-state index contributed by atoms with van der Waals surface area (Å²) in [5.74, 6) is -5.00. The van der Waals surface area contributed by atoms with E-state index in [4.69, 9.17) is 9.47 Å². The van der Waals surface area contributed by atoms with Gasteiger partial charge in [0.15, 0.2) is 11.4 Å². The number of carbonyl (C=O) groups excluding carboxylic acids is 2. The summed E-state index contributed by atoms with van der Waals surface area (Å²) in [5, 5.41) is 2.32. The predicted molar refractivity (Wildman–Crippen MR) is 124 cm³/mol. The van der Waals surface area contributed by atoms with Crippen LogP contribution in [0.5, 0.6) is 5.75 Å². The van der Waals surface area contributed by atoms with E-state index in [1.54, 1.807) is 16.5 Å². The van der Waals surface area contributed by atoms with Crippen LogP contribution in [0.4, 0.5) is 13.2 Å². The third-order valence-corrected chi connectivity index (χ3v) is 7.07. The van der Waals surface area contributed by atoms with Gasteiger partial charge in [-0.25, -0.2) is 13.2 Å². The molecule has 1 aromatic heterocycles. The van der Waals surface area contributed by atoms with Gasteiger partial charge in [-0.2, -0.15) is 0 Å². The highest BCUT2D eigenvalue weighted by Crippen LogP contribution is 2.42. The van der Waals surface area contributed by atoms with Crippen molar-refractivity contribution in [3.8, 4) is 5.75 Å². The Balaban J connectivity index is 1.77. The van der Waals surface area contributed by atoms with Crippen molar-refractivity contribution < 1.29 is 32.2 Å². The molecule has 2 aliphatic heterocycles. The molecule has 8 nitrogen and oxygen atoms in total. The zero-order valence-electron chi connectivity index (χ0n) is 20.3. The molecule has 3 heterocycles. The van der Waals surface area contributed by atoms with E-state index in [1.807, 2.05) is 13.8 Å². The molecular weight excluding hydrogens is 479 g/mol. The lowest BCUT2D eigenvalue weighted by atomic mass is 9.82. The number of pyridine rings is 1. The normalized spacial score (nSPS) is 21.1. The molecule has 4 rings (SSSR count). The molecular formula is C25H28F3N3O5. The number of hydrogen-bond acceptors (Lipinski definition) is 5. The van der Waals surface area contributed by atoms with E-state index >= 15 is 0 Å². The lowest BCUT2D eigenvalue weighted by molar-refractivity contribution is -0.0529. The molecule has 36 heavy (non-hydrogen) atoms. The number of fused-ring (bicyclic) bond motifs is 3. The molecule has 1 fully saturated rings. The summed E-state index contributed by atoms with van der Waals surface area (Å²) in [6, 6.07) is 0.602. The molecule has 0 spiro atoms. The van der Waals surface area contributed by atoms with Gasteiger partial charge in [0, 0.05) is 44.1 Å². The van der Waals surface area contributed by atoms with E-state index in [0.29, 0.717) is 31.6 Å². The third-order valence-electron chi connectivity index (χ3n) is 7.07. The maximum atomic E-state index is 14.0. The Morgan fingerprint density at radius 2 is 1.94 bits per heavy atom. The smallest absolute Gasteiger partial charge is 0.274 e. The standard InChI is InChI=1S/C25H28F3N3O5/c1-4-5-7-36-22-20-24(34)30(3)25(2)6-8-35-13-19(25)31(20)12-16(21(22)32)23(33)29-11-15-17(27)9-14(26)10-18(15)28/h9-10,12,19H,4-8,11,13H2,1-3H3,(H,29,33)/t19-,25+/m0/s1. The Morgan fingerprint density at radius 3 is 2.61 bits per heavy atom. The van der Waals surface area contributed by atoms with Crippen molar-refractivity contribution in [3.63, 3.8) is 0 Å². The SMILES string of the molecule is CCCCOc1c2n(cc(C(=O)NCc3c(F)cc(F)cc3F)c1=O)[C@H]1COCC[C@@]1(C)N(C)C2=O. The van der Waals surface area contributed by atoms with Crippen molar-refractivity contribution in [3.05, 3.63) is 62.8 Å². The van der Waals surface area contributed by atoms with Crippen LogP contribution < -0.4 is 15.5 Å². The van der Waals surface area contributed by atoms with Gasteiger partial charge in [-0.3, -0.25) is 14.4 Å². The molecule has 0 saturated carbocycles. The van der Waals surface area contributed by atoms with Crippen molar-refractivity contribution in [1.29, 1.82) is 0 Å². The van der Waals surface area contributed by atoms with Crippen LogP contribution in [0.1, 0.15) is 65.6 Å². The number of rotatable bonds is 7. The first-order chi connectivity index (χ1) is 17.1. The average Bonchev–Trinajstić information content (AvgIpc) is 2.83. The van der Waals surface area contributed by atoms with Crippen LogP contribution in [-0.2, 0) is 11.3 Å². The summed E-state index contributed by atoms with van der Waals surface area (Å²) in [5.41, 5.74) is -2.31. The quantitative estimate of drug-likeness (QED) is 0.582. The van der Waals surface area contributed by atoms with Gasteiger partial charge in [0.2, 0.25) is 5.43 Å². The number of nitrogens with zero attached hydrogens (tertiary/aromatic N) is 2. The maximum absolute atomic E-state index is 14.0. The highest BCUT2D eigenvalue weighted by molar-refractivity contribution is 5.99. The second-order valence-electron chi connectivity index (χ2n) is 9.25. The molecule has 11 heteroatoms. The number of ether oxygens (including phenoxy) is 2. The molecule has 2 amide bonds. The molecule has 0 aliphatic carbocycles. The number of nitrogens with one attached hydrogen (secondary N) is 1. The third kappa shape index (κ3) is 4.36. The molecule has 2 atom stereocenters. The van der Waals surface area contributed by atoms with Crippen molar-refractivity contribution in [1.82, 2.24) is 14.8 Å². The zero-order valence-corrected chi connectivity index (χ0v) is 20.3. The van der Waals surface area contributed by atoms with Crippen LogP contribution in [0, 0.1) is 17.5 Å². The zero-order chi connectivity index (χ0) is 26.2. The number of amides is 2. The highest BCUT2D eigenvalue weighted by atomic mass is 19.1. The number of carbonyl (C=O) groups is 2. The van der Waals surface area contributed by atoms with Gasteiger partial charge >= 0.3 is 0 Å². The van der Waals surface area contributed by atoms with Crippen LogP contribution >= 0.6 is 0 Å². The Hall–Kier alpha value is -3.34. The summed E-state index contributed by atoms with van der Waals surface area (Å²) >= 11 is 0. The van der Waals surface area contributed by atoms with Crippen molar-refractivity contribution in [2.24, 2.45) is 0 Å². The summed E-state index contributed by atoms with van der Waals surface area (Å²) in [4.78, 5) is 41.4. The Bertz CT molecular complexity index is 1240. The van der Waals surface area contributed by atoms with E-state index in [2.05, 4.69) is 5.32 Å². The van der Waals surface area contributed by atoms with E-state index in [-0.39, 0.29) is 30.2 Å². The van der Waals surface area contributed by atoms with E-state index in [0.717, 1.165) is 6.42 Å². The Labute approximate surface area is 206 Å². The van der Waals surface area contributed by atoms with Crippen molar-refractivity contribution in [2.45, 2.75) is 51.2 Å². The molecule has 0 unspecified atom stereocenters. The molecule has 0 bridgehead atoms. The van der Waals surface area contributed by atoms with Crippen molar-refractivity contribution >= 4 is 11.8 Å². The number of hydrogen-bond donors (Lipinski definition) is 1. The Kier molecular flexibility index (Phi) is 7.12. The minimum atomic E-state index is -1.16. The largest absolute Gasteiger partial charge is 0.487 e. The lowest BCUT2D eigenvalue weighted by Crippen LogP contribution is -2.61. The summed E-state index contributed by atoms with van der Waals surface area (Å²) in [6.45, 7) is 4.08. The first-order valence-electron chi connectivity index (χ1n) is 11.8. The number of unbranched alkanes of at least 4 members (excludes halogenated alkanes) is 1. The molecule has 194 valence electrons. The number of likely N-dealkylation sites (N-methyl/N-ethyl adjacent to an activating group) is 1. The summed E-state index contributed by atoms with van der Waals surface area (Å²) in [6.07, 6.45) is 3.22. The van der Waals surface area contributed by atoms with Gasteiger partial charge in [0.1, 0.15) is 23.0 Å². The fourth-order valence-electron chi connectivity index (χ4n) is 4.66. The lowest BCUT2D eigenvalue weighted by Gasteiger charge is -2.52. The van der Waals surface area contributed by atoms with Gasteiger partial charge in [-0.05, 0) is 19.8 Å². The van der Waals surface area contributed by atoms with Gasteiger partial charge in [-0.15, -0.1) is 0 Å². The van der Waals surface area contributed by atoms with Crippen LogP contribution in [-0.4, -0.2) is 53.7 Å². The minimum Gasteiger partial charge on any atom is -0.487 e. The van der Waals surface area contributed by atoms with Crippen molar-refractivity contribution in [2.75, 3.05) is 26.9 Å². The summed E-state index contributed by atoms with van der Waals surface area (Å²) < 4.78 is 54.3. The van der Waals surface area contributed by atoms with E-state index < -0.39 is 58.4 Å². The average molecular weight is 508 g/mol. The van der Waals surface area contributed by atoms with Gasteiger partial charge in [0.05, 0.1) is 24.8 Å². The first-order valence-corrected chi connectivity index (χ1v) is 11.8. The molecule has 1 N–H and O–H groups in total. The van der Waals surface area contributed by atoms with Crippen LogP contribution in [0.15, 0.2) is 23.1 Å². The summed E-state index contributed by atoms with van der Waals surface area (Å²) in [7, 11) is 1.66. The van der Waals surface area contributed by atoms with E-state index in [9.17, 15) is 27.6 Å². The molecule has 1 saturated heterocycles. The fourth-order valence-corrected chi connectivity index (χ4v) is 4.66. The monoisotopic (exact) mass is 507 g/mol. The van der Waals surface area contributed by atoms with Crippen LogP contribution in [0.3, 0.4) is 0 Å². The molecule has 1 aromatic carbocycles. The number of halogens is 3. The molecule has 2 aromatic rings. The number of aromatic nitrogens is 1. The predicted octanol–water partition coefficient (Wildman–Crippen LogP) is 3.18. The topological polar surface area (TPSA) is 89.9 Å². The fraction of sp³-hybridized carbons (Fsp3) is 0.480. The number of benzene rings is 1. The van der Waals surface area contributed by atoms with Gasteiger partial charge < -0.3 is 24.3 Å². The van der Waals surface area contributed by atoms with Crippen LogP contribution in [0.25, 0.3) is 0 Å². The maximum Gasteiger partial charge on any atom is 0.274 e. The Morgan fingerprint density at radius 1 is 1.25 bits per heavy atom. The molecule has 2 aliphatic rings. The van der Waals surface area contributed by atoms with Gasteiger partial charge in [0.25, 0.3) is 11.8 Å². The van der Waals surface area contributed by atoms with Gasteiger partial charge in [-0.1, -0.05) is 13.3 Å². The minimum absolute atomic E-state index is 0.0266. The first kappa shape index (κ1) is 25.7. The second-order valence-corrected chi connectivity index (χ2v) is 9.25. The molecule has 0 radical (unpaired) electrons. The van der Waals surface area contributed by atoms with Crippen LogP contribution in [0.2, 0.25) is 0 Å². The second kappa shape index (κ2) is 9.96. The highest BCUT2D eigenvalue weighted by Gasteiger charge is 2.50.